The van der Waals surface area contributed by atoms with Gasteiger partial charge < -0.3 is 15.5 Å². The van der Waals surface area contributed by atoms with E-state index in [1.807, 2.05) is 12.3 Å². The van der Waals surface area contributed by atoms with Crippen molar-refractivity contribution in [3.63, 3.8) is 0 Å². The highest BCUT2D eigenvalue weighted by Crippen LogP contribution is 2.19. The van der Waals surface area contributed by atoms with Crippen molar-refractivity contribution in [2.45, 2.75) is 32.6 Å². The highest BCUT2D eigenvalue weighted by molar-refractivity contribution is 5.39. The van der Waals surface area contributed by atoms with E-state index in [2.05, 4.69) is 39.5 Å². The van der Waals surface area contributed by atoms with E-state index < -0.39 is 0 Å². The van der Waals surface area contributed by atoms with E-state index in [0.717, 1.165) is 37.2 Å². The van der Waals surface area contributed by atoms with Crippen LogP contribution in [0.25, 0.3) is 0 Å². The van der Waals surface area contributed by atoms with Crippen LogP contribution in [0.1, 0.15) is 32.6 Å². The summed E-state index contributed by atoms with van der Waals surface area (Å²) in [4.78, 5) is 11.1. The predicted molar refractivity (Wildman–Crippen MR) is 84.1 cm³/mol. The van der Waals surface area contributed by atoms with Crippen molar-refractivity contribution in [3.8, 4) is 0 Å². The first-order valence-electron chi connectivity index (χ1n) is 7.77. The molecule has 0 atom stereocenters. The standard InChI is InChI=1S/C15H27N5/c1-3-8-17-15-18-10-5-14(19-15)16-9-4-13-6-11-20(2)12-7-13/h5,10,13H,3-4,6-9,11-12H2,1-2H3,(H2,16,17,18,19). The zero-order valence-corrected chi connectivity index (χ0v) is 12.7. The van der Waals surface area contributed by atoms with Gasteiger partial charge in [-0.05, 0) is 57.8 Å². The fourth-order valence-corrected chi connectivity index (χ4v) is 2.53. The molecule has 2 rings (SSSR count). The van der Waals surface area contributed by atoms with E-state index in [-0.39, 0.29) is 0 Å². The Kier molecular flexibility index (Phi) is 6.05. The molecule has 1 saturated heterocycles. The molecule has 1 fully saturated rings. The van der Waals surface area contributed by atoms with Gasteiger partial charge in [0.25, 0.3) is 0 Å². The van der Waals surface area contributed by atoms with Crippen LogP contribution < -0.4 is 10.6 Å². The maximum Gasteiger partial charge on any atom is 0.224 e. The first kappa shape index (κ1) is 15.0. The molecule has 0 bridgehead atoms. The van der Waals surface area contributed by atoms with E-state index in [4.69, 9.17) is 0 Å². The van der Waals surface area contributed by atoms with E-state index in [0.29, 0.717) is 0 Å². The highest BCUT2D eigenvalue weighted by atomic mass is 15.1. The number of nitrogens with zero attached hydrogens (tertiary/aromatic N) is 3. The molecule has 0 radical (unpaired) electrons. The molecule has 1 aromatic rings. The van der Waals surface area contributed by atoms with Crippen LogP contribution in [0.3, 0.4) is 0 Å². The Balaban J connectivity index is 1.70. The van der Waals surface area contributed by atoms with Gasteiger partial charge >= 0.3 is 0 Å². The summed E-state index contributed by atoms with van der Waals surface area (Å²) < 4.78 is 0. The van der Waals surface area contributed by atoms with Crippen molar-refractivity contribution in [2.24, 2.45) is 5.92 Å². The lowest BCUT2D eigenvalue weighted by atomic mass is 9.94. The van der Waals surface area contributed by atoms with E-state index in [9.17, 15) is 0 Å². The molecule has 1 aliphatic heterocycles. The topological polar surface area (TPSA) is 53.1 Å². The van der Waals surface area contributed by atoms with Crippen molar-refractivity contribution in [2.75, 3.05) is 43.9 Å². The SMILES string of the molecule is CCCNc1nccc(NCCC2CCN(C)CC2)n1. The summed E-state index contributed by atoms with van der Waals surface area (Å²) in [6.45, 7) is 6.53. The van der Waals surface area contributed by atoms with Crippen LogP contribution in [0, 0.1) is 5.92 Å². The maximum absolute atomic E-state index is 4.46. The van der Waals surface area contributed by atoms with Crippen LogP contribution in [-0.4, -0.2) is 48.1 Å². The molecule has 2 N–H and O–H groups in total. The second kappa shape index (κ2) is 8.04. The summed E-state index contributed by atoms with van der Waals surface area (Å²) in [7, 11) is 2.21. The third kappa shape index (κ3) is 4.96. The fraction of sp³-hybridized carbons (Fsp3) is 0.733. The molecule has 0 unspecified atom stereocenters. The summed E-state index contributed by atoms with van der Waals surface area (Å²) in [6, 6.07) is 1.94. The Morgan fingerprint density at radius 3 is 2.80 bits per heavy atom. The van der Waals surface area contributed by atoms with Gasteiger partial charge in [-0.1, -0.05) is 6.92 Å². The predicted octanol–water partition coefficient (Wildman–Crippen LogP) is 2.44. The molecule has 0 aliphatic carbocycles. The number of piperidine rings is 1. The van der Waals surface area contributed by atoms with Gasteiger partial charge in [0.05, 0.1) is 0 Å². The second-order valence-electron chi connectivity index (χ2n) is 5.65. The molecule has 0 amide bonds. The lowest BCUT2D eigenvalue weighted by Gasteiger charge is -2.28. The van der Waals surface area contributed by atoms with Crippen LogP contribution in [0.2, 0.25) is 0 Å². The minimum atomic E-state index is 0.719. The normalized spacial score (nSPS) is 17.1. The molecule has 20 heavy (non-hydrogen) atoms. The Morgan fingerprint density at radius 1 is 1.25 bits per heavy atom. The Morgan fingerprint density at radius 2 is 2.05 bits per heavy atom. The van der Waals surface area contributed by atoms with Gasteiger partial charge in [0.1, 0.15) is 5.82 Å². The maximum atomic E-state index is 4.46. The molecule has 1 aromatic heterocycles. The Hall–Kier alpha value is -1.36. The van der Waals surface area contributed by atoms with Gasteiger partial charge in [0.2, 0.25) is 5.95 Å². The first-order chi connectivity index (χ1) is 9.78. The lowest BCUT2D eigenvalue weighted by Crippen LogP contribution is -2.30. The van der Waals surface area contributed by atoms with Crippen molar-refractivity contribution >= 4 is 11.8 Å². The minimum Gasteiger partial charge on any atom is -0.370 e. The van der Waals surface area contributed by atoms with Crippen LogP contribution in [0.5, 0.6) is 0 Å². The third-order valence-electron chi connectivity index (χ3n) is 3.89. The van der Waals surface area contributed by atoms with Gasteiger partial charge in [-0.15, -0.1) is 0 Å². The molecule has 112 valence electrons. The third-order valence-corrected chi connectivity index (χ3v) is 3.89. The van der Waals surface area contributed by atoms with E-state index >= 15 is 0 Å². The largest absolute Gasteiger partial charge is 0.370 e. The number of hydrogen-bond donors (Lipinski definition) is 2. The van der Waals surface area contributed by atoms with Gasteiger partial charge in [0.15, 0.2) is 0 Å². The zero-order valence-electron chi connectivity index (χ0n) is 12.7. The quantitative estimate of drug-likeness (QED) is 0.802. The molecule has 0 saturated carbocycles. The van der Waals surface area contributed by atoms with Crippen LogP contribution in [-0.2, 0) is 0 Å². The summed E-state index contributed by atoms with van der Waals surface area (Å²) in [5.74, 6) is 2.50. The molecule has 5 nitrogen and oxygen atoms in total. The van der Waals surface area contributed by atoms with E-state index in [1.165, 1.54) is 32.4 Å². The average Bonchev–Trinajstić information content (AvgIpc) is 2.48. The van der Waals surface area contributed by atoms with Gasteiger partial charge in [-0.25, -0.2) is 4.98 Å². The van der Waals surface area contributed by atoms with Gasteiger partial charge in [0, 0.05) is 19.3 Å². The van der Waals surface area contributed by atoms with Crippen molar-refractivity contribution in [3.05, 3.63) is 12.3 Å². The summed E-state index contributed by atoms with van der Waals surface area (Å²) in [5, 5.41) is 6.63. The number of hydrogen-bond acceptors (Lipinski definition) is 5. The number of likely N-dealkylation sites (tertiary alicyclic amines) is 1. The van der Waals surface area contributed by atoms with Gasteiger partial charge in [-0.2, -0.15) is 4.98 Å². The smallest absolute Gasteiger partial charge is 0.224 e. The molecule has 0 spiro atoms. The molecular weight excluding hydrogens is 250 g/mol. The van der Waals surface area contributed by atoms with Crippen LogP contribution in [0.15, 0.2) is 12.3 Å². The molecular formula is C15H27N5. The van der Waals surface area contributed by atoms with Gasteiger partial charge in [-0.3, -0.25) is 0 Å². The number of rotatable bonds is 7. The first-order valence-corrected chi connectivity index (χ1v) is 7.77. The zero-order chi connectivity index (χ0) is 14.2. The fourth-order valence-electron chi connectivity index (χ4n) is 2.53. The van der Waals surface area contributed by atoms with Crippen LogP contribution >= 0.6 is 0 Å². The van der Waals surface area contributed by atoms with Crippen LogP contribution in [0.4, 0.5) is 11.8 Å². The summed E-state index contributed by atoms with van der Waals surface area (Å²) in [6.07, 6.45) is 6.77. The number of aromatic nitrogens is 2. The Bertz CT molecular complexity index is 388. The van der Waals surface area contributed by atoms with Crippen molar-refractivity contribution < 1.29 is 0 Å². The monoisotopic (exact) mass is 277 g/mol. The number of nitrogens with one attached hydrogen (secondary N) is 2. The molecule has 1 aliphatic rings. The number of anilines is 2. The Labute approximate surface area is 122 Å². The second-order valence-corrected chi connectivity index (χ2v) is 5.65. The van der Waals surface area contributed by atoms with Crippen molar-refractivity contribution in [1.29, 1.82) is 0 Å². The summed E-state index contributed by atoms with van der Waals surface area (Å²) >= 11 is 0. The average molecular weight is 277 g/mol. The van der Waals surface area contributed by atoms with E-state index in [1.54, 1.807) is 0 Å². The minimum absolute atomic E-state index is 0.719. The molecule has 5 heteroatoms. The molecule has 0 aromatic carbocycles. The lowest BCUT2D eigenvalue weighted by molar-refractivity contribution is 0.215. The van der Waals surface area contributed by atoms with Crippen molar-refractivity contribution in [1.82, 2.24) is 14.9 Å². The highest BCUT2D eigenvalue weighted by Gasteiger charge is 2.15. The summed E-state index contributed by atoms with van der Waals surface area (Å²) in [5.41, 5.74) is 0. The molecule has 2 heterocycles.